The summed E-state index contributed by atoms with van der Waals surface area (Å²) in [7, 11) is 1.61. The predicted molar refractivity (Wildman–Crippen MR) is 160 cm³/mol. The lowest BCUT2D eigenvalue weighted by Crippen LogP contribution is -2.41. The summed E-state index contributed by atoms with van der Waals surface area (Å²) in [6.45, 7) is 8.02. The maximum atomic E-state index is 14.0. The zero-order valence-electron chi connectivity index (χ0n) is 24.5. The number of hydrogen-bond donors (Lipinski definition) is 1. The van der Waals surface area contributed by atoms with Crippen molar-refractivity contribution >= 4 is 11.2 Å². The Bertz CT molecular complexity index is 1820. The van der Waals surface area contributed by atoms with Crippen LogP contribution in [0.2, 0.25) is 0 Å². The molecule has 6 rings (SSSR count). The number of nitrogens with zero attached hydrogens (tertiary/aromatic N) is 7. The maximum absolute atomic E-state index is 14.0. The van der Waals surface area contributed by atoms with Crippen molar-refractivity contribution in [2.45, 2.75) is 59.7 Å². The van der Waals surface area contributed by atoms with E-state index in [0.29, 0.717) is 55.6 Å². The molecule has 0 unspecified atom stereocenters. The number of H-pyrrole nitrogens is 1. The van der Waals surface area contributed by atoms with Gasteiger partial charge >= 0.3 is 5.69 Å². The van der Waals surface area contributed by atoms with Crippen LogP contribution in [0, 0.1) is 11.3 Å². The average Bonchev–Trinajstić information content (AvgIpc) is 3.49. The van der Waals surface area contributed by atoms with Crippen molar-refractivity contribution in [2.24, 2.45) is 11.3 Å². The van der Waals surface area contributed by atoms with Crippen molar-refractivity contribution in [1.29, 1.82) is 0 Å². The molecular formula is C31H36N8O3. The monoisotopic (exact) mass is 568 g/mol. The van der Waals surface area contributed by atoms with Crippen LogP contribution >= 0.6 is 0 Å². The number of hydrogen-bond acceptors (Lipinski definition) is 7. The second-order valence-corrected chi connectivity index (χ2v) is 12.3. The standard InChI is InChI=1S/C31H36N8O3/c1-31(2,3)17-25-32-28-26(29(40)39(19-20-9-10-20)30(41)37(28)15-16-42-4)38(25)18-21-11-13-22(14-12-21)23-7-5-6-8-24(23)27-33-35-36-34-27/h5-8,11-14,20H,9-10,15-19H2,1-4H3,(H,33,34,35,36). The first-order valence-corrected chi connectivity index (χ1v) is 14.4. The Hall–Kier alpha value is -4.38. The van der Waals surface area contributed by atoms with Crippen molar-refractivity contribution in [3.63, 3.8) is 0 Å². The summed E-state index contributed by atoms with van der Waals surface area (Å²) in [5.74, 6) is 1.70. The second kappa shape index (κ2) is 11.1. The summed E-state index contributed by atoms with van der Waals surface area (Å²) in [6, 6.07) is 16.2. The van der Waals surface area contributed by atoms with E-state index in [1.54, 1.807) is 11.7 Å². The zero-order chi connectivity index (χ0) is 29.4. The molecule has 1 N–H and O–H groups in total. The quantitative estimate of drug-likeness (QED) is 0.271. The molecule has 1 aliphatic rings. The number of tetrazole rings is 1. The summed E-state index contributed by atoms with van der Waals surface area (Å²) in [5, 5.41) is 14.5. The average molecular weight is 569 g/mol. The SMILES string of the molecule is COCCn1c(=O)n(CC2CC2)c(=O)c2c1nc(CC(C)(C)C)n2Cc1ccc(-c2ccccc2-c2nn[nH]n2)cc1. The zero-order valence-corrected chi connectivity index (χ0v) is 24.5. The Balaban J connectivity index is 1.45. The topological polar surface area (TPSA) is 126 Å². The Kier molecular flexibility index (Phi) is 7.36. The lowest BCUT2D eigenvalue weighted by Gasteiger charge is -2.19. The molecule has 11 heteroatoms. The number of imidazole rings is 1. The second-order valence-electron chi connectivity index (χ2n) is 12.3. The largest absolute Gasteiger partial charge is 0.383 e. The first kappa shape index (κ1) is 27.8. The third-order valence-electron chi connectivity index (χ3n) is 7.66. The van der Waals surface area contributed by atoms with Gasteiger partial charge in [-0.25, -0.2) is 9.78 Å². The van der Waals surface area contributed by atoms with Crippen LogP contribution in [0.25, 0.3) is 33.7 Å². The predicted octanol–water partition coefficient (Wildman–Crippen LogP) is 3.90. The van der Waals surface area contributed by atoms with Crippen molar-refractivity contribution < 1.29 is 4.74 Å². The van der Waals surface area contributed by atoms with Crippen molar-refractivity contribution in [1.82, 2.24) is 39.3 Å². The fourth-order valence-electron chi connectivity index (χ4n) is 5.40. The molecule has 0 atom stereocenters. The number of benzene rings is 2. The van der Waals surface area contributed by atoms with Gasteiger partial charge in [-0.1, -0.05) is 69.3 Å². The van der Waals surface area contributed by atoms with Crippen LogP contribution in [0.3, 0.4) is 0 Å². The van der Waals surface area contributed by atoms with E-state index >= 15 is 0 Å². The van der Waals surface area contributed by atoms with Gasteiger partial charge in [-0.2, -0.15) is 5.21 Å². The Morgan fingerprint density at radius 2 is 1.71 bits per heavy atom. The molecule has 0 aliphatic heterocycles. The lowest BCUT2D eigenvalue weighted by molar-refractivity contribution is 0.186. The van der Waals surface area contributed by atoms with Crippen molar-refractivity contribution in [3.8, 4) is 22.5 Å². The molecule has 218 valence electrons. The molecule has 0 saturated heterocycles. The molecule has 0 spiro atoms. The van der Waals surface area contributed by atoms with Gasteiger partial charge in [0.1, 0.15) is 5.82 Å². The number of nitrogens with one attached hydrogen (secondary N) is 1. The normalized spacial score (nSPS) is 13.7. The first-order chi connectivity index (χ1) is 20.2. The maximum Gasteiger partial charge on any atom is 0.332 e. The fourth-order valence-corrected chi connectivity index (χ4v) is 5.40. The van der Waals surface area contributed by atoms with Crippen LogP contribution < -0.4 is 11.2 Å². The Morgan fingerprint density at radius 3 is 2.36 bits per heavy atom. The summed E-state index contributed by atoms with van der Waals surface area (Å²) in [6.07, 6.45) is 2.73. The summed E-state index contributed by atoms with van der Waals surface area (Å²) in [4.78, 5) is 32.4. The minimum atomic E-state index is -0.312. The van der Waals surface area contributed by atoms with Crippen LogP contribution in [-0.2, 0) is 30.8 Å². The molecule has 1 aliphatic carbocycles. The molecule has 0 amide bonds. The molecular weight excluding hydrogens is 532 g/mol. The number of fused-ring (bicyclic) bond motifs is 1. The third kappa shape index (κ3) is 5.56. The van der Waals surface area contributed by atoms with E-state index in [-0.39, 0.29) is 16.7 Å². The molecule has 0 radical (unpaired) electrons. The molecule has 3 aromatic heterocycles. The number of methoxy groups -OCH3 is 1. The van der Waals surface area contributed by atoms with Gasteiger partial charge in [-0.05, 0) is 46.1 Å². The van der Waals surface area contributed by atoms with Crippen LogP contribution in [0.15, 0.2) is 58.1 Å². The van der Waals surface area contributed by atoms with E-state index in [2.05, 4.69) is 65.7 Å². The molecule has 42 heavy (non-hydrogen) atoms. The minimum Gasteiger partial charge on any atom is -0.383 e. The van der Waals surface area contributed by atoms with Crippen LogP contribution in [0.5, 0.6) is 0 Å². The molecule has 1 saturated carbocycles. The van der Waals surface area contributed by atoms with Gasteiger partial charge in [0.05, 0.1) is 13.2 Å². The van der Waals surface area contributed by atoms with Gasteiger partial charge in [0.2, 0.25) is 5.82 Å². The van der Waals surface area contributed by atoms with Gasteiger partial charge in [-0.15, -0.1) is 10.2 Å². The third-order valence-corrected chi connectivity index (χ3v) is 7.66. The Labute approximate surface area is 243 Å². The number of ether oxygens (including phenoxy) is 1. The molecule has 11 nitrogen and oxygen atoms in total. The Morgan fingerprint density at radius 1 is 0.976 bits per heavy atom. The first-order valence-electron chi connectivity index (χ1n) is 14.4. The summed E-state index contributed by atoms with van der Waals surface area (Å²) in [5.41, 5.74) is 4.16. The van der Waals surface area contributed by atoms with Gasteiger partial charge in [0.15, 0.2) is 11.2 Å². The highest BCUT2D eigenvalue weighted by molar-refractivity contribution is 5.80. The number of aromatic amines is 1. The van der Waals surface area contributed by atoms with E-state index in [9.17, 15) is 9.59 Å². The smallest absolute Gasteiger partial charge is 0.332 e. The molecule has 1 fully saturated rings. The van der Waals surface area contributed by atoms with E-state index in [4.69, 9.17) is 9.72 Å². The lowest BCUT2D eigenvalue weighted by atomic mass is 9.92. The molecule has 3 heterocycles. The molecule has 0 bridgehead atoms. The molecule has 5 aromatic rings. The van der Waals surface area contributed by atoms with Crippen molar-refractivity contribution in [3.05, 3.63) is 80.8 Å². The van der Waals surface area contributed by atoms with E-state index in [0.717, 1.165) is 40.9 Å². The van der Waals surface area contributed by atoms with Gasteiger partial charge < -0.3 is 9.30 Å². The highest BCUT2D eigenvalue weighted by Gasteiger charge is 2.28. The van der Waals surface area contributed by atoms with E-state index < -0.39 is 0 Å². The fraction of sp³-hybridized carbons (Fsp3) is 0.419. The van der Waals surface area contributed by atoms with Crippen molar-refractivity contribution in [2.75, 3.05) is 13.7 Å². The van der Waals surface area contributed by atoms with Crippen LogP contribution in [0.4, 0.5) is 0 Å². The van der Waals surface area contributed by atoms with Gasteiger partial charge in [-0.3, -0.25) is 13.9 Å². The minimum absolute atomic E-state index is 0.0768. The molecule has 2 aromatic carbocycles. The van der Waals surface area contributed by atoms with Gasteiger partial charge in [0, 0.05) is 32.2 Å². The van der Waals surface area contributed by atoms with E-state index in [1.807, 2.05) is 28.8 Å². The summed E-state index contributed by atoms with van der Waals surface area (Å²) < 4.78 is 10.3. The highest BCUT2D eigenvalue weighted by atomic mass is 16.5. The van der Waals surface area contributed by atoms with Crippen LogP contribution in [0.1, 0.15) is 45.0 Å². The van der Waals surface area contributed by atoms with E-state index in [1.165, 1.54) is 4.57 Å². The highest BCUT2D eigenvalue weighted by Crippen LogP contribution is 2.31. The number of rotatable bonds is 10. The summed E-state index contributed by atoms with van der Waals surface area (Å²) >= 11 is 0. The van der Waals surface area contributed by atoms with Crippen LogP contribution in [-0.4, -0.2) is 53.0 Å². The number of aromatic nitrogens is 8. The van der Waals surface area contributed by atoms with Gasteiger partial charge in [0.25, 0.3) is 5.56 Å².